The summed E-state index contributed by atoms with van der Waals surface area (Å²) in [6.07, 6.45) is 4.83. The molecule has 1 aliphatic heterocycles. The molecule has 0 spiro atoms. The summed E-state index contributed by atoms with van der Waals surface area (Å²) in [5.41, 5.74) is 16.2. The molecule has 1 aliphatic carbocycles. The van der Waals surface area contributed by atoms with Crippen LogP contribution in [-0.4, -0.2) is 12.6 Å². The molecular weight excluding hydrogens is 727 g/mol. The van der Waals surface area contributed by atoms with Gasteiger partial charge in [-0.1, -0.05) is 161 Å². The number of rotatable bonds is 7. The highest BCUT2D eigenvalue weighted by atomic mass is 15.3. The van der Waals surface area contributed by atoms with E-state index in [4.69, 9.17) is 0 Å². The summed E-state index contributed by atoms with van der Waals surface area (Å²) < 4.78 is 0. The van der Waals surface area contributed by atoms with Crippen molar-refractivity contribution in [1.29, 1.82) is 0 Å². The van der Waals surface area contributed by atoms with Crippen molar-refractivity contribution in [3.8, 4) is 11.1 Å². The summed E-state index contributed by atoms with van der Waals surface area (Å²) >= 11 is 0. The third kappa shape index (κ3) is 7.33. The number of hydrogen-bond donors (Lipinski definition) is 0. The number of fused-ring (bicyclic) bond motifs is 3. The Morgan fingerprint density at radius 1 is 0.500 bits per heavy atom. The maximum atomic E-state index is 2.73. The predicted molar refractivity (Wildman–Crippen MR) is 260 cm³/mol. The lowest BCUT2D eigenvalue weighted by molar-refractivity contribution is 0.195. The third-order valence-electron chi connectivity index (χ3n) is 14.1. The number of hydrogen-bond acceptors (Lipinski definition) is 3. The molecule has 0 radical (unpaired) electrons. The fourth-order valence-electron chi connectivity index (χ4n) is 10.1. The molecule has 6 aromatic rings. The summed E-state index contributed by atoms with van der Waals surface area (Å²) in [6.45, 7) is 25.9. The fourth-order valence-corrected chi connectivity index (χ4v) is 10.1. The first kappa shape index (κ1) is 41.5. The molecule has 0 N–H and O–H groups in total. The van der Waals surface area contributed by atoms with Crippen molar-refractivity contribution in [3.63, 3.8) is 0 Å². The largest absolute Gasteiger partial charge is 0.344 e. The second-order valence-electron chi connectivity index (χ2n) is 21.2. The number of para-hydroxylation sites is 1. The van der Waals surface area contributed by atoms with Gasteiger partial charge in [0, 0.05) is 52.2 Å². The molecule has 2 atom stereocenters. The van der Waals surface area contributed by atoms with Gasteiger partial charge < -0.3 is 14.7 Å². The summed E-state index contributed by atoms with van der Waals surface area (Å²) in [7, 11) is 2.26. The van der Waals surface area contributed by atoms with Crippen molar-refractivity contribution < 1.29 is 0 Å². The van der Waals surface area contributed by atoms with Gasteiger partial charge in [-0.3, -0.25) is 0 Å². The topological polar surface area (TPSA) is 9.72 Å². The molecule has 3 heteroatoms. The van der Waals surface area contributed by atoms with E-state index in [1.807, 2.05) is 0 Å². The maximum absolute atomic E-state index is 2.73. The Kier molecular flexibility index (Phi) is 10.4. The molecule has 3 nitrogen and oxygen atoms in total. The molecule has 6 aromatic carbocycles. The van der Waals surface area contributed by atoms with E-state index in [-0.39, 0.29) is 27.2 Å². The second kappa shape index (κ2) is 15.0. The Balaban J connectivity index is 1.42. The summed E-state index contributed by atoms with van der Waals surface area (Å²) in [5, 5.41) is 0. The van der Waals surface area contributed by atoms with Crippen LogP contribution in [0.3, 0.4) is 0 Å². The van der Waals surface area contributed by atoms with Crippen LogP contribution in [0.1, 0.15) is 124 Å². The highest BCUT2D eigenvalue weighted by Gasteiger charge is 2.57. The number of nitrogens with zero attached hydrogens (tertiary/aromatic N) is 3. The number of anilines is 7. The van der Waals surface area contributed by atoms with Crippen molar-refractivity contribution in [2.75, 3.05) is 21.7 Å². The molecular formula is C57H67N3. The molecule has 0 saturated heterocycles. The average molecular weight is 794 g/mol. The zero-order valence-corrected chi connectivity index (χ0v) is 38.4. The maximum Gasteiger partial charge on any atom is 0.0517 e. The van der Waals surface area contributed by atoms with Crippen molar-refractivity contribution in [3.05, 3.63) is 162 Å². The molecule has 0 aromatic heterocycles. The molecule has 1 saturated carbocycles. The first-order chi connectivity index (χ1) is 28.3. The van der Waals surface area contributed by atoms with E-state index in [2.05, 4.69) is 237 Å². The van der Waals surface area contributed by atoms with Gasteiger partial charge in [0.15, 0.2) is 0 Å². The lowest BCUT2D eigenvalue weighted by atomic mass is 9.61. The van der Waals surface area contributed by atoms with Gasteiger partial charge in [0.25, 0.3) is 0 Å². The second-order valence-corrected chi connectivity index (χ2v) is 21.2. The molecule has 2 aliphatic rings. The van der Waals surface area contributed by atoms with Crippen LogP contribution in [0.2, 0.25) is 0 Å². The summed E-state index contributed by atoms with van der Waals surface area (Å²) in [5.74, 6) is 0. The highest BCUT2D eigenvalue weighted by molar-refractivity contribution is 5.89. The van der Waals surface area contributed by atoms with E-state index < -0.39 is 0 Å². The van der Waals surface area contributed by atoms with Gasteiger partial charge in [-0.15, -0.1) is 0 Å². The Labute approximate surface area is 362 Å². The van der Waals surface area contributed by atoms with Crippen LogP contribution in [-0.2, 0) is 21.7 Å². The van der Waals surface area contributed by atoms with Crippen LogP contribution in [0, 0.1) is 0 Å². The van der Waals surface area contributed by atoms with Crippen LogP contribution < -0.4 is 14.7 Å². The minimum atomic E-state index is -0.0872. The van der Waals surface area contributed by atoms with Crippen molar-refractivity contribution in [1.82, 2.24) is 0 Å². The Bertz CT molecular complexity index is 2450. The van der Waals surface area contributed by atoms with Crippen LogP contribution in [0.15, 0.2) is 140 Å². The monoisotopic (exact) mass is 794 g/mol. The van der Waals surface area contributed by atoms with E-state index in [9.17, 15) is 0 Å². The SMILES string of the molecule is CN(c1cc(N(c2cccc(C(C)(C)C)c2)c2cccc(C(C)(C)C)c2)cc(N2c3ccccc3C3(C)CCCCC23C)c1)c1ccc(C(C)(C)C)cc1-c1ccccc1. The molecule has 0 bridgehead atoms. The van der Waals surface area contributed by atoms with Crippen LogP contribution in [0.5, 0.6) is 0 Å². The van der Waals surface area contributed by atoms with Gasteiger partial charge in [0.2, 0.25) is 0 Å². The molecule has 310 valence electrons. The van der Waals surface area contributed by atoms with Crippen molar-refractivity contribution >= 4 is 39.8 Å². The highest BCUT2D eigenvalue weighted by Crippen LogP contribution is 2.61. The zero-order chi connectivity index (χ0) is 42.8. The van der Waals surface area contributed by atoms with Gasteiger partial charge in [-0.05, 0) is 124 Å². The standard InChI is InChI=1S/C57H67N3/c1-53(2,3)41-24-20-26-44(34-41)59(45-27-21-25-42(35-45)54(4,5)6)47-37-46(58(12)51-31-30-43(55(7,8)9)36-49(51)40-22-14-13-15-23-40)38-48(39-47)60-52-29-17-16-28-50(52)56(10)32-18-19-33-57(56,60)11/h13-17,20-31,34-39H,18-19,32-33H2,1-12H3. The van der Waals surface area contributed by atoms with Gasteiger partial charge in [0.1, 0.15) is 0 Å². The normalized spacial score (nSPS) is 19.2. The minimum absolute atomic E-state index is 0.00544. The smallest absolute Gasteiger partial charge is 0.0517 e. The molecule has 60 heavy (non-hydrogen) atoms. The number of benzene rings is 6. The quantitative estimate of drug-likeness (QED) is 0.159. The Hall–Kier alpha value is -5.28. The van der Waals surface area contributed by atoms with E-state index in [1.54, 1.807) is 0 Å². The first-order valence-corrected chi connectivity index (χ1v) is 22.3. The Morgan fingerprint density at radius 3 is 1.67 bits per heavy atom. The molecule has 0 amide bonds. The van der Waals surface area contributed by atoms with Crippen molar-refractivity contribution in [2.24, 2.45) is 0 Å². The average Bonchev–Trinajstić information content (AvgIpc) is 3.43. The predicted octanol–water partition coefficient (Wildman–Crippen LogP) is 16.2. The van der Waals surface area contributed by atoms with Crippen LogP contribution >= 0.6 is 0 Å². The minimum Gasteiger partial charge on any atom is -0.344 e. The van der Waals surface area contributed by atoms with Gasteiger partial charge in [-0.2, -0.15) is 0 Å². The van der Waals surface area contributed by atoms with Gasteiger partial charge in [-0.25, -0.2) is 0 Å². The first-order valence-electron chi connectivity index (χ1n) is 22.3. The van der Waals surface area contributed by atoms with Crippen LogP contribution in [0.4, 0.5) is 39.8 Å². The van der Waals surface area contributed by atoms with Gasteiger partial charge >= 0.3 is 0 Å². The molecule has 8 rings (SSSR count). The van der Waals surface area contributed by atoms with Crippen LogP contribution in [0.25, 0.3) is 11.1 Å². The summed E-state index contributed by atoms with van der Waals surface area (Å²) in [6, 6.07) is 53.1. The van der Waals surface area contributed by atoms with Gasteiger partial charge in [0.05, 0.1) is 11.2 Å². The zero-order valence-electron chi connectivity index (χ0n) is 38.4. The lowest BCUT2D eigenvalue weighted by Crippen LogP contribution is -2.54. The van der Waals surface area contributed by atoms with E-state index in [0.717, 1.165) is 29.2 Å². The van der Waals surface area contributed by atoms with E-state index in [0.29, 0.717) is 0 Å². The van der Waals surface area contributed by atoms with E-state index in [1.165, 1.54) is 69.7 Å². The molecule has 2 unspecified atom stereocenters. The van der Waals surface area contributed by atoms with Crippen molar-refractivity contribution in [2.45, 2.75) is 129 Å². The van der Waals surface area contributed by atoms with E-state index >= 15 is 0 Å². The lowest BCUT2D eigenvalue weighted by Gasteiger charge is -2.50. The fraction of sp³-hybridized carbons (Fsp3) is 0.368. The third-order valence-corrected chi connectivity index (χ3v) is 14.1. The molecule has 1 fully saturated rings. The Morgan fingerprint density at radius 2 is 1.05 bits per heavy atom. The molecule has 1 heterocycles. The summed E-state index contributed by atoms with van der Waals surface area (Å²) in [4.78, 5) is 7.68.